The maximum Gasteiger partial charge on any atom is 0.407 e. The highest BCUT2D eigenvalue weighted by atomic mass is 16.5. The summed E-state index contributed by atoms with van der Waals surface area (Å²) < 4.78 is 21.6. The molecule has 0 bridgehead atoms. The zero-order valence-corrected chi connectivity index (χ0v) is 41.9. The Morgan fingerprint density at radius 1 is 0.592 bits per heavy atom. The summed E-state index contributed by atoms with van der Waals surface area (Å²) in [6.45, 7) is 10.7. The fourth-order valence-electron chi connectivity index (χ4n) is 11.5. The van der Waals surface area contributed by atoms with Crippen LogP contribution in [0.2, 0.25) is 0 Å². The average Bonchev–Trinajstić information content (AvgIpc) is 4.04. The molecule has 6 heterocycles. The molecule has 4 aliphatic rings. The number of hydrogen-bond acceptors (Lipinski definition) is 10. The van der Waals surface area contributed by atoms with Crippen LogP contribution in [0.4, 0.5) is 9.59 Å². The van der Waals surface area contributed by atoms with E-state index in [2.05, 4.69) is 95.1 Å². The molecule has 0 spiro atoms. The van der Waals surface area contributed by atoms with Gasteiger partial charge < -0.3 is 49.3 Å². The minimum absolute atomic E-state index is 0.00186. The van der Waals surface area contributed by atoms with E-state index in [0.717, 1.165) is 94.6 Å². The van der Waals surface area contributed by atoms with E-state index in [1.54, 1.807) is 0 Å². The van der Waals surface area contributed by atoms with E-state index in [4.69, 9.17) is 28.9 Å². The Hall–Kier alpha value is -6.26. The molecule has 10 atom stereocenters. The van der Waals surface area contributed by atoms with Gasteiger partial charge >= 0.3 is 12.2 Å². The average molecular weight is 971 g/mol. The van der Waals surface area contributed by atoms with E-state index < -0.39 is 24.3 Å². The van der Waals surface area contributed by atoms with Crippen molar-refractivity contribution in [1.29, 1.82) is 0 Å². The number of piperidine rings is 2. The molecule has 5 aromatic rings. The van der Waals surface area contributed by atoms with Gasteiger partial charge in [0, 0.05) is 31.9 Å². The molecular weight excluding hydrogens is 901 g/mol. The predicted octanol–water partition coefficient (Wildman–Crippen LogP) is 9.36. The van der Waals surface area contributed by atoms with E-state index in [9.17, 15) is 19.2 Å². The molecule has 4 fully saturated rings. The number of amides is 4. The fraction of sp³-hybridized carbons (Fsp3) is 0.527. The molecule has 378 valence electrons. The SMILES string of the molecule is COC(=O)NC(C(=O)N1C[C@@H](C)CC[C@H]1c1ncc(-c2ccc(-c3ccc4cc(-c5cnc([C@@H]6CC[C@H](C)CN6C(=O)C(NC(=O)OC)[C@@H]6CCO[C@@H](C)C6)[nH]5)ccc4c3)cc2)[nH]1)[C@@H]1CCCO[C@@H](C)C1. The quantitative estimate of drug-likeness (QED) is 0.0991. The summed E-state index contributed by atoms with van der Waals surface area (Å²) in [4.78, 5) is 74.8. The second kappa shape index (κ2) is 22.0. The Kier molecular flexibility index (Phi) is 15.4. The molecule has 4 aliphatic heterocycles. The second-order valence-corrected chi connectivity index (χ2v) is 20.6. The van der Waals surface area contributed by atoms with Crippen LogP contribution in [0.5, 0.6) is 0 Å². The van der Waals surface area contributed by atoms with Crippen molar-refractivity contribution in [1.82, 2.24) is 40.4 Å². The number of aromatic amines is 2. The summed E-state index contributed by atoms with van der Waals surface area (Å²) in [5.74, 6) is 1.72. The lowest BCUT2D eigenvalue weighted by atomic mass is 9.86. The van der Waals surface area contributed by atoms with E-state index >= 15 is 0 Å². The number of hydrogen-bond donors (Lipinski definition) is 4. The number of likely N-dealkylation sites (tertiary alicyclic amines) is 2. The molecule has 4 N–H and O–H groups in total. The first-order valence-corrected chi connectivity index (χ1v) is 25.6. The first-order chi connectivity index (χ1) is 34.3. The van der Waals surface area contributed by atoms with E-state index in [0.29, 0.717) is 57.4 Å². The number of nitrogens with one attached hydrogen (secondary N) is 4. The first-order valence-electron chi connectivity index (χ1n) is 25.6. The molecule has 2 aromatic heterocycles. The molecule has 2 unspecified atom stereocenters. The highest BCUT2D eigenvalue weighted by Gasteiger charge is 2.43. The van der Waals surface area contributed by atoms with Crippen LogP contribution in [0, 0.1) is 23.7 Å². The summed E-state index contributed by atoms with van der Waals surface area (Å²) in [6.07, 6.45) is 9.52. The van der Waals surface area contributed by atoms with Crippen molar-refractivity contribution >= 4 is 34.8 Å². The Morgan fingerprint density at radius 3 is 1.59 bits per heavy atom. The minimum atomic E-state index is -0.726. The molecule has 0 radical (unpaired) electrons. The lowest BCUT2D eigenvalue weighted by Gasteiger charge is -2.41. The number of rotatable bonds is 11. The van der Waals surface area contributed by atoms with Crippen LogP contribution in [-0.4, -0.2) is 119 Å². The number of carbonyl (C=O) groups excluding carboxylic acids is 4. The Morgan fingerprint density at radius 2 is 1.06 bits per heavy atom. The summed E-state index contributed by atoms with van der Waals surface area (Å²) in [5.41, 5.74) is 5.88. The highest BCUT2D eigenvalue weighted by molar-refractivity contribution is 5.91. The number of methoxy groups -OCH3 is 2. The molecule has 0 saturated carbocycles. The number of ether oxygens (including phenoxy) is 4. The van der Waals surface area contributed by atoms with Gasteiger partial charge in [-0.1, -0.05) is 62.4 Å². The third-order valence-electron chi connectivity index (χ3n) is 15.4. The molecule has 0 aliphatic carbocycles. The smallest absolute Gasteiger partial charge is 0.407 e. The molecule has 16 nitrogen and oxygen atoms in total. The van der Waals surface area contributed by atoms with Gasteiger partial charge in [0.15, 0.2) is 0 Å². The van der Waals surface area contributed by atoms with Gasteiger partial charge in [-0.05, 0) is 135 Å². The monoisotopic (exact) mass is 971 g/mol. The van der Waals surface area contributed by atoms with Gasteiger partial charge in [-0.15, -0.1) is 0 Å². The number of benzene rings is 3. The van der Waals surface area contributed by atoms with Crippen molar-refractivity contribution in [2.45, 2.75) is 122 Å². The van der Waals surface area contributed by atoms with Gasteiger partial charge in [0.05, 0.1) is 62.3 Å². The Bertz CT molecular complexity index is 2670. The molecular formula is C55H70N8O8. The number of alkyl carbamates (subject to hydrolysis) is 2. The minimum Gasteiger partial charge on any atom is -0.453 e. The van der Waals surface area contributed by atoms with Crippen molar-refractivity contribution < 1.29 is 38.1 Å². The van der Waals surface area contributed by atoms with Crippen LogP contribution >= 0.6 is 0 Å². The van der Waals surface area contributed by atoms with Crippen molar-refractivity contribution in [3.05, 3.63) is 84.7 Å². The van der Waals surface area contributed by atoms with E-state index in [1.807, 2.05) is 36.0 Å². The first kappa shape index (κ1) is 49.7. The fourth-order valence-corrected chi connectivity index (χ4v) is 11.5. The number of imidazole rings is 2. The van der Waals surface area contributed by atoms with Crippen LogP contribution in [-0.2, 0) is 28.5 Å². The Balaban J connectivity index is 0.886. The predicted molar refractivity (Wildman–Crippen MR) is 270 cm³/mol. The van der Waals surface area contributed by atoms with E-state index in [-0.39, 0.29) is 47.9 Å². The summed E-state index contributed by atoms with van der Waals surface area (Å²) >= 11 is 0. The number of aromatic nitrogens is 4. The maximum atomic E-state index is 14.5. The molecule has 3 aromatic carbocycles. The van der Waals surface area contributed by atoms with E-state index in [1.165, 1.54) is 14.2 Å². The summed E-state index contributed by atoms with van der Waals surface area (Å²) in [7, 11) is 2.65. The van der Waals surface area contributed by atoms with Crippen LogP contribution in [0.3, 0.4) is 0 Å². The third kappa shape index (κ3) is 11.3. The normalized spacial score (nSPS) is 25.9. The van der Waals surface area contributed by atoms with Crippen LogP contribution < -0.4 is 10.6 Å². The molecule has 9 rings (SSSR count). The van der Waals surface area contributed by atoms with Crippen molar-refractivity contribution in [2.75, 3.05) is 40.5 Å². The zero-order chi connectivity index (χ0) is 49.8. The second-order valence-electron chi connectivity index (χ2n) is 20.6. The standard InChI is InChI=1S/C55H70N8O8/c1-32-9-19-46(62(30-32)52(64)48(60-54(66)68-5)42-8-7-22-70-34(3)24-42)50-56-28-44(58-50)37-13-11-36(12-14-37)38-15-16-40-27-41(18-17-39(40)26-38)45-29-57-51(59-45)47-20-10-33(2)31-63(47)53(65)49(61-55(67)69-6)43-21-23-71-35(4)25-43/h11-18,26-29,32-35,42-43,46-49H,7-10,19-25,30-31H2,1-6H3,(H,56,58)(H,57,59)(H,60,66)(H,61,67)/t32-,33-,34-,35-,42+,43+,46-,47-,48?,49?/m0/s1. The zero-order valence-electron chi connectivity index (χ0n) is 41.9. The van der Waals surface area contributed by atoms with Crippen LogP contribution in [0.25, 0.3) is 44.4 Å². The van der Waals surface area contributed by atoms with Crippen molar-refractivity contribution in [3.63, 3.8) is 0 Å². The lowest BCUT2D eigenvalue weighted by molar-refractivity contribution is -0.141. The van der Waals surface area contributed by atoms with Gasteiger partial charge in [-0.25, -0.2) is 19.6 Å². The van der Waals surface area contributed by atoms with Crippen LogP contribution in [0.15, 0.2) is 73.1 Å². The van der Waals surface area contributed by atoms with Gasteiger partial charge in [0.1, 0.15) is 23.7 Å². The topological polar surface area (TPSA) is 193 Å². The van der Waals surface area contributed by atoms with Crippen molar-refractivity contribution in [3.8, 4) is 33.6 Å². The molecule has 4 amide bonds. The third-order valence-corrected chi connectivity index (χ3v) is 15.4. The number of fused-ring (bicyclic) bond motifs is 1. The highest BCUT2D eigenvalue weighted by Crippen LogP contribution is 2.38. The summed E-state index contributed by atoms with van der Waals surface area (Å²) in [5, 5.41) is 7.97. The van der Waals surface area contributed by atoms with Gasteiger partial charge in [0.25, 0.3) is 0 Å². The largest absolute Gasteiger partial charge is 0.453 e. The molecule has 16 heteroatoms. The Labute approximate surface area is 416 Å². The number of H-pyrrole nitrogens is 2. The lowest BCUT2D eigenvalue weighted by Crippen LogP contribution is -2.56. The number of nitrogens with zero attached hydrogens (tertiary/aromatic N) is 4. The maximum absolute atomic E-state index is 14.5. The summed E-state index contributed by atoms with van der Waals surface area (Å²) in [6, 6.07) is 19.3. The molecule has 71 heavy (non-hydrogen) atoms. The molecule has 4 saturated heterocycles. The number of carbonyl (C=O) groups is 4. The van der Waals surface area contributed by atoms with Gasteiger partial charge in [0.2, 0.25) is 11.8 Å². The van der Waals surface area contributed by atoms with Crippen LogP contribution in [0.1, 0.15) is 109 Å². The van der Waals surface area contributed by atoms with Gasteiger partial charge in [-0.3, -0.25) is 9.59 Å². The van der Waals surface area contributed by atoms with Gasteiger partial charge in [-0.2, -0.15) is 0 Å². The van der Waals surface area contributed by atoms with Crippen molar-refractivity contribution in [2.24, 2.45) is 23.7 Å².